The van der Waals surface area contributed by atoms with Crippen molar-refractivity contribution in [3.05, 3.63) is 133 Å². The third kappa shape index (κ3) is 3.43. The quantitative estimate of drug-likeness (QED) is 0.175. The molecule has 0 aliphatic rings. The van der Waals surface area contributed by atoms with Crippen molar-refractivity contribution in [1.82, 2.24) is 0 Å². The van der Waals surface area contributed by atoms with Gasteiger partial charge >= 0.3 is 234 Å². The van der Waals surface area contributed by atoms with Gasteiger partial charge in [0.15, 0.2) is 0 Å². The molecule has 2 heteroatoms. The van der Waals surface area contributed by atoms with Crippen LogP contribution in [0.3, 0.4) is 0 Å². The monoisotopic (exact) mass is 614 g/mol. The Hall–Kier alpha value is -3.64. The molecule has 0 spiro atoms. The van der Waals surface area contributed by atoms with Gasteiger partial charge in [-0.25, -0.2) is 0 Å². The molecule has 0 radical (unpaired) electrons. The summed E-state index contributed by atoms with van der Waals surface area (Å²) in [7, 11) is 0. The van der Waals surface area contributed by atoms with Crippen LogP contribution < -0.4 is 0 Å². The van der Waals surface area contributed by atoms with Crippen LogP contribution >= 0.6 is 0 Å². The molecular weight excluding hydrogens is 590 g/mol. The maximum atomic E-state index is 2.34. The van der Waals surface area contributed by atoms with E-state index in [1.54, 1.807) is 0 Å². The van der Waals surface area contributed by atoms with Gasteiger partial charge in [-0.2, -0.15) is 0 Å². The van der Waals surface area contributed by atoms with Gasteiger partial charge in [0, 0.05) is 0 Å². The summed E-state index contributed by atoms with van der Waals surface area (Å²) >= 11 is 0.594. The van der Waals surface area contributed by atoms with Gasteiger partial charge in [-0.1, -0.05) is 0 Å². The molecule has 0 nitrogen and oxygen atoms in total. The summed E-state index contributed by atoms with van der Waals surface area (Å²) in [5.41, 5.74) is 8.04. The Kier molecular flexibility index (Phi) is 5.28. The average Bonchev–Trinajstić information content (AvgIpc) is 3.56. The van der Waals surface area contributed by atoms with Crippen molar-refractivity contribution in [2.45, 2.75) is 0 Å². The standard InChI is InChI=1S/C36H22Se2/c1-2-11-23(12-3-1)34-26(30-19-9-17-28-24-13-4-6-21-32(24)37-35(28)30)15-8-16-27(34)31-20-10-18-29-25-14-5-7-22-33(25)38-36(29)31/h1-22H. The molecule has 0 amide bonds. The first-order valence-electron chi connectivity index (χ1n) is 12.9. The fourth-order valence-electron chi connectivity index (χ4n) is 5.84. The van der Waals surface area contributed by atoms with Crippen molar-refractivity contribution >= 4 is 67.6 Å². The van der Waals surface area contributed by atoms with E-state index in [4.69, 9.17) is 0 Å². The second-order valence-corrected chi connectivity index (χ2v) is 14.1. The molecule has 0 saturated carbocycles. The summed E-state index contributed by atoms with van der Waals surface area (Å²) in [6.45, 7) is 0. The molecule has 38 heavy (non-hydrogen) atoms. The summed E-state index contributed by atoms with van der Waals surface area (Å²) in [6, 6.07) is 49.6. The van der Waals surface area contributed by atoms with Gasteiger partial charge in [-0.05, 0) is 0 Å². The zero-order valence-electron chi connectivity index (χ0n) is 20.5. The molecule has 0 N–H and O–H groups in total. The van der Waals surface area contributed by atoms with E-state index in [1.807, 2.05) is 0 Å². The molecule has 8 aromatic rings. The predicted molar refractivity (Wildman–Crippen MR) is 167 cm³/mol. The Morgan fingerprint density at radius 3 is 1.29 bits per heavy atom. The van der Waals surface area contributed by atoms with Gasteiger partial charge < -0.3 is 0 Å². The van der Waals surface area contributed by atoms with Crippen LogP contribution in [0.25, 0.3) is 72.0 Å². The Bertz CT molecular complexity index is 1990. The molecule has 6 aromatic carbocycles. The molecule has 178 valence electrons. The van der Waals surface area contributed by atoms with E-state index in [0.717, 1.165) is 0 Å². The maximum absolute atomic E-state index is 2.34. The number of hydrogen-bond acceptors (Lipinski definition) is 0. The van der Waals surface area contributed by atoms with Gasteiger partial charge in [0.1, 0.15) is 0 Å². The summed E-state index contributed by atoms with van der Waals surface area (Å²) < 4.78 is 5.98. The minimum atomic E-state index is 0.297. The second kappa shape index (κ2) is 8.98. The van der Waals surface area contributed by atoms with Gasteiger partial charge in [0.05, 0.1) is 0 Å². The number of benzene rings is 6. The molecule has 0 unspecified atom stereocenters. The molecule has 0 bridgehead atoms. The Morgan fingerprint density at radius 2 is 0.737 bits per heavy atom. The van der Waals surface area contributed by atoms with E-state index >= 15 is 0 Å². The number of fused-ring (bicyclic) bond motifs is 6. The van der Waals surface area contributed by atoms with Gasteiger partial charge in [0.25, 0.3) is 0 Å². The molecule has 2 aromatic heterocycles. The first-order valence-corrected chi connectivity index (χ1v) is 16.3. The molecular formula is C36H22Se2. The van der Waals surface area contributed by atoms with Crippen LogP contribution in [0, 0.1) is 0 Å². The second-order valence-electron chi connectivity index (χ2n) is 9.66. The number of hydrogen-bond donors (Lipinski definition) is 0. The zero-order valence-corrected chi connectivity index (χ0v) is 23.9. The van der Waals surface area contributed by atoms with Crippen LogP contribution in [0.5, 0.6) is 0 Å². The molecule has 0 saturated heterocycles. The van der Waals surface area contributed by atoms with E-state index in [2.05, 4.69) is 133 Å². The molecule has 8 rings (SSSR count). The van der Waals surface area contributed by atoms with Crippen molar-refractivity contribution in [3.63, 3.8) is 0 Å². The van der Waals surface area contributed by atoms with Crippen LogP contribution in [0.1, 0.15) is 0 Å². The molecule has 0 aliphatic heterocycles. The van der Waals surface area contributed by atoms with E-state index in [0.29, 0.717) is 29.0 Å². The van der Waals surface area contributed by atoms with Crippen LogP contribution in [-0.4, -0.2) is 29.0 Å². The van der Waals surface area contributed by atoms with Gasteiger partial charge in [-0.3, -0.25) is 0 Å². The van der Waals surface area contributed by atoms with Crippen molar-refractivity contribution in [1.29, 1.82) is 0 Å². The topological polar surface area (TPSA) is 0 Å². The Balaban J connectivity index is 1.48. The van der Waals surface area contributed by atoms with E-state index < -0.39 is 0 Å². The Morgan fingerprint density at radius 1 is 0.316 bits per heavy atom. The molecule has 0 aliphatic carbocycles. The average molecular weight is 612 g/mol. The molecule has 0 atom stereocenters. The SMILES string of the molecule is c1ccc(-c2c(-c3cccc4c3[se]c3ccccc34)cccc2-c2cccc3c2[se]c2ccccc23)cc1. The summed E-state index contributed by atoms with van der Waals surface area (Å²) in [5.74, 6) is 0. The summed E-state index contributed by atoms with van der Waals surface area (Å²) in [5, 5.41) is 5.62. The van der Waals surface area contributed by atoms with Crippen LogP contribution in [-0.2, 0) is 0 Å². The zero-order chi connectivity index (χ0) is 25.1. The van der Waals surface area contributed by atoms with Gasteiger partial charge in [-0.15, -0.1) is 0 Å². The first-order chi connectivity index (χ1) is 18.9. The fraction of sp³-hybridized carbons (Fsp3) is 0. The fourth-order valence-corrected chi connectivity index (χ4v) is 11.0. The van der Waals surface area contributed by atoms with Crippen molar-refractivity contribution < 1.29 is 0 Å². The van der Waals surface area contributed by atoms with E-state index in [-0.39, 0.29) is 0 Å². The molecule has 2 heterocycles. The summed E-state index contributed by atoms with van der Waals surface area (Å²) in [6.07, 6.45) is 0. The third-order valence-electron chi connectivity index (χ3n) is 7.52. The minimum absolute atomic E-state index is 0.297. The Labute approximate surface area is 233 Å². The normalized spacial score (nSPS) is 11.7. The van der Waals surface area contributed by atoms with Gasteiger partial charge in [0.2, 0.25) is 0 Å². The van der Waals surface area contributed by atoms with Crippen molar-refractivity contribution in [2.24, 2.45) is 0 Å². The van der Waals surface area contributed by atoms with E-state index in [9.17, 15) is 0 Å². The number of rotatable bonds is 3. The van der Waals surface area contributed by atoms with Crippen LogP contribution in [0.2, 0.25) is 0 Å². The summed E-state index contributed by atoms with van der Waals surface area (Å²) in [4.78, 5) is 0. The first kappa shape index (κ1) is 22.4. The van der Waals surface area contributed by atoms with E-state index in [1.165, 1.54) is 72.0 Å². The van der Waals surface area contributed by atoms with Crippen molar-refractivity contribution in [3.8, 4) is 33.4 Å². The molecule has 0 fully saturated rings. The predicted octanol–water partition coefficient (Wildman–Crippen LogP) is 9.41. The van der Waals surface area contributed by atoms with Crippen LogP contribution in [0.4, 0.5) is 0 Å². The van der Waals surface area contributed by atoms with Crippen LogP contribution in [0.15, 0.2) is 133 Å². The van der Waals surface area contributed by atoms with Crippen molar-refractivity contribution in [2.75, 3.05) is 0 Å². The third-order valence-corrected chi connectivity index (χ3v) is 12.6.